The molecular weight excluding hydrogens is 381 g/mol. The molecule has 1 aromatic heterocycles. The van der Waals surface area contributed by atoms with Gasteiger partial charge in [0, 0.05) is 12.2 Å². The molecule has 2 N–H and O–H groups in total. The second-order valence-corrected chi connectivity index (χ2v) is 6.80. The Balaban J connectivity index is 1.75. The van der Waals surface area contributed by atoms with Crippen molar-refractivity contribution in [3.05, 3.63) is 46.7 Å². The third kappa shape index (κ3) is 5.09. The molecule has 1 aliphatic carbocycles. The van der Waals surface area contributed by atoms with Gasteiger partial charge in [0.15, 0.2) is 0 Å². The zero-order valence-electron chi connectivity index (χ0n) is 14.3. The lowest BCUT2D eigenvalue weighted by Gasteiger charge is -2.22. The van der Waals surface area contributed by atoms with Crippen LogP contribution >= 0.6 is 11.6 Å². The van der Waals surface area contributed by atoms with Crippen LogP contribution in [0.5, 0.6) is 0 Å². The van der Waals surface area contributed by atoms with Gasteiger partial charge < -0.3 is 10.6 Å². The van der Waals surface area contributed by atoms with Crippen LogP contribution in [0.15, 0.2) is 30.5 Å². The molecule has 0 bridgehead atoms. The van der Waals surface area contributed by atoms with Gasteiger partial charge in [-0.25, -0.2) is 9.97 Å². The van der Waals surface area contributed by atoms with Gasteiger partial charge in [0.05, 0.1) is 16.3 Å². The van der Waals surface area contributed by atoms with Crippen molar-refractivity contribution in [1.29, 1.82) is 0 Å². The van der Waals surface area contributed by atoms with Crippen LogP contribution in [0.1, 0.15) is 48.2 Å². The number of hydrogen-bond donors (Lipinski definition) is 2. The largest absolute Gasteiger partial charge is 0.416 e. The highest BCUT2D eigenvalue weighted by Gasteiger charge is 2.31. The molecule has 1 aliphatic rings. The summed E-state index contributed by atoms with van der Waals surface area (Å²) in [6, 6.07) is 4.49. The summed E-state index contributed by atoms with van der Waals surface area (Å²) in [5.41, 5.74) is -0.696. The summed E-state index contributed by atoms with van der Waals surface area (Å²) in [7, 11) is 0. The summed E-state index contributed by atoms with van der Waals surface area (Å²) in [5, 5.41) is 5.67. The minimum Gasteiger partial charge on any atom is -0.348 e. The quantitative estimate of drug-likeness (QED) is 0.764. The van der Waals surface area contributed by atoms with Gasteiger partial charge in [0.25, 0.3) is 5.91 Å². The average molecular weight is 399 g/mol. The lowest BCUT2D eigenvalue weighted by atomic mass is 9.95. The van der Waals surface area contributed by atoms with E-state index in [2.05, 4.69) is 20.6 Å². The minimum absolute atomic E-state index is 0.00693. The minimum atomic E-state index is -4.50. The Hall–Kier alpha value is -2.35. The van der Waals surface area contributed by atoms with Crippen molar-refractivity contribution in [2.24, 2.45) is 0 Å². The molecule has 27 heavy (non-hydrogen) atoms. The van der Waals surface area contributed by atoms with Crippen LogP contribution in [-0.4, -0.2) is 21.9 Å². The van der Waals surface area contributed by atoms with Crippen molar-refractivity contribution in [1.82, 2.24) is 15.3 Å². The predicted octanol–water partition coefficient (Wildman–Crippen LogP) is 4.95. The van der Waals surface area contributed by atoms with E-state index in [-0.39, 0.29) is 34.3 Å². The van der Waals surface area contributed by atoms with Crippen LogP contribution < -0.4 is 10.6 Å². The molecule has 5 nitrogen and oxygen atoms in total. The van der Waals surface area contributed by atoms with Gasteiger partial charge >= 0.3 is 6.18 Å². The van der Waals surface area contributed by atoms with Crippen LogP contribution in [0, 0.1) is 0 Å². The fourth-order valence-corrected chi connectivity index (χ4v) is 3.13. The number of carbonyl (C=O) groups is 1. The average Bonchev–Trinajstić information content (AvgIpc) is 2.64. The van der Waals surface area contributed by atoms with E-state index in [4.69, 9.17) is 11.6 Å². The van der Waals surface area contributed by atoms with Gasteiger partial charge in [-0.1, -0.05) is 30.9 Å². The number of hydrogen-bond acceptors (Lipinski definition) is 4. The van der Waals surface area contributed by atoms with Crippen LogP contribution in [0.3, 0.4) is 0 Å². The highest BCUT2D eigenvalue weighted by molar-refractivity contribution is 6.33. The van der Waals surface area contributed by atoms with Crippen LogP contribution in [0.25, 0.3) is 0 Å². The highest BCUT2D eigenvalue weighted by Crippen LogP contribution is 2.34. The number of alkyl halides is 3. The van der Waals surface area contributed by atoms with E-state index in [0.29, 0.717) is 0 Å². The maximum absolute atomic E-state index is 12.9. The Labute approximate surface area is 159 Å². The number of benzene rings is 1. The third-order valence-corrected chi connectivity index (χ3v) is 4.70. The monoisotopic (exact) mass is 398 g/mol. The van der Waals surface area contributed by atoms with Crippen LogP contribution in [0.4, 0.5) is 24.8 Å². The Kier molecular flexibility index (Phi) is 5.84. The molecule has 0 radical (unpaired) electrons. The smallest absolute Gasteiger partial charge is 0.348 e. The van der Waals surface area contributed by atoms with Crippen molar-refractivity contribution in [3.63, 3.8) is 0 Å². The van der Waals surface area contributed by atoms with E-state index in [0.717, 1.165) is 43.9 Å². The maximum atomic E-state index is 12.9. The fraction of sp³-hybridized carbons (Fsp3) is 0.389. The van der Waals surface area contributed by atoms with Gasteiger partial charge in [-0.3, -0.25) is 4.79 Å². The van der Waals surface area contributed by atoms with Gasteiger partial charge in [0.1, 0.15) is 5.69 Å². The molecule has 1 heterocycles. The topological polar surface area (TPSA) is 66.9 Å². The summed E-state index contributed by atoms with van der Waals surface area (Å²) in [5.74, 6) is -0.338. The van der Waals surface area contributed by atoms with Gasteiger partial charge in [0.2, 0.25) is 5.95 Å². The molecular formula is C18H18ClF3N4O. The molecule has 9 heteroatoms. The van der Waals surface area contributed by atoms with Crippen molar-refractivity contribution in [2.45, 2.75) is 44.3 Å². The number of rotatable bonds is 4. The SMILES string of the molecule is O=C(NC1CCCCC1)c1ccnc(Nc2cc(C(F)(F)F)ccc2Cl)n1. The molecule has 1 aromatic carbocycles. The van der Waals surface area contributed by atoms with E-state index in [9.17, 15) is 18.0 Å². The molecule has 0 spiro atoms. The van der Waals surface area contributed by atoms with Gasteiger partial charge in [-0.15, -0.1) is 0 Å². The number of halogens is 4. The molecule has 0 saturated heterocycles. The summed E-state index contributed by atoms with van der Waals surface area (Å²) < 4.78 is 38.6. The number of nitrogens with one attached hydrogen (secondary N) is 2. The molecule has 0 aliphatic heterocycles. The predicted molar refractivity (Wildman–Crippen MR) is 96.1 cm³/mol. The first-order valence-corrected chi connectivity index (χ1v) is 8.98. The molecule has 144 valence electrons. The Morgan fingerprint density at radius 1 is 1.15 bits per heavy atom. The van der Waals surface area contributed by atoms with Crippen molar-refractivity contribution < 1.29 is 18.0 Å². The van der Waals surface area contributed by atoms with Gasteiger partial charge in [-0.05, 0) is 37.1 Å². The highest BCUT2D eigenvalue weighted by atomic mass is 35.5. The standard InChI is InChI=1S/C18H18ClF3N4O/c19-13-7-6-11(18(20,21)22)10-15(13)26-17-23-9-8-14(25-17)16(27)24-12-4-2-1-3-5-12/h6-10,12H,1-5H2,(H,24,27)(H,23,25,26). The summed E-state index contributed by atoms with van der Waals surface area (Å²) in [4.78, 5) is 20.4. The summed E-state index contributed by atoms with van der Waals surface area (Å²) in [6.45, 7) is 0. The molecule has 3 rings (SSSR count). The number of anilines is 2. The second-order valence-electron chi connectivity index (χ2n) is 6.39. The molecule has 1 amide bonds. The zero-order chi connectivity index (χ0) is 19.4. The number of amides is 1. The lowest BCUT2D eigenvalue weighted by Crippen LogP contribution is -2.36. The first kappa shape index (κ1) is 19.4. The number of nitrogens with zero attached hydrogens (tertiary/aromatic N) is 2. The van der Waals surface area contributed by atoms with Crippen molar-refractivity contribution >= 4 is 29.1 Å². The zero-order valence-corrected chi connectivity index (χ0v) is 15.1. The second kappa shape index (κ2) is 8.12. The maximum Gasteiger partial charge on any atom is 0.416 e. The van der Waals surface area contributed by atoms with Crippen LogP contribution in [0.2, 0.25) is 5.02 Å². The normalized spacial score (nSPS) is 15.4. The molecule has 1 saturated carbocycles. The number of aromatic nitrogens is 2. The van der Waals surface area contributed by atoms with Gasteiger partial charge in [-0.2, -0.15) is 13.2 Å². The van der Waals surface area contributed by atoms with E-state index in [1.165, 1.54) is 18.7 Å². The first-order valence-electron chi connectivity index (χ1n) is 8.60. The Morgan fingerprint density at radius 2 is 1.89 bits per heavy atom. The summed E-state index contributed by atoms with van der Waals surface area (Å²) >= 11 is 5.96. The fourth-order valence-electron chi connectivity index (χ4n) is 2.97. The van der Waals surface area contributed by atoms with Crippen LogP contribution in [-0.2, 0) is 6.18 Å². The lowest BCUT2D eigenvalue weighted by molar-refractivity contribution is -0.137. The molecule has 0 atom stereocenters. The van der Waals surface area contributed by atoms with E-state index in [1.807, 2.05) is 0 Å². The summed E-state index contributed by atoms with van der Waals surface area (Å²) in [6.07, 6.45) is 2.07. The van der Waals surface area contributed by atoms with E-state index >= 15 is 0 Å². The third-order valence-electron chi connectivity index (χ3n) is 4.37. The number of carbonyl (C=O) groups excluding carboxylic acids is 1. The molecule has 2 aromatic rings. The van der Waals surface area contributed by atoms with Crippen molar-refractivity contribution in [3.8, 4) is 0 Å². The Morgan fingerprint density at radius 3 is 2.59 bits per heavy atom. The van der Waals surface area contributed by atoms with E-state index in [1.54, 1.807) is 0 Å². The Bertz CT molecular complexity index is 822. The first-order chi connectivity index (χ1) is 12.8. The molecule has 0 unspecified atom stereocenters. The van der Waals surface area contributed by atoms with Crippen molar-refractivity contribution in [2.75, 3.05) is 5.32 Å². The molecule has 1 fully saturated rings. The van der Waals surface area contributed by atoms with E-state index < -0.39 is 11.7 Å².